The van der Waals surface area contributed by atoms with Crippen LogP contribution < -0.4 is 16.4 Å². The highest BCUT2D eigenvalue weighted by Gasteiger charge is 2.17. The smallest absolute Gasteiger partial charge is 0.234 e. The van der Waals surface area contributed by atoms with Crippen molar-refractivity contribution in [2.45, 2.75) is 24.7 Å². The van der Waals surface area contributed by atoms with Gasteiger partial charge in [-0.2, -0.15) is 0 Å². The van der Waals surface area contributed by atoms with Crippen LogP contribution in [0.3, 0.4) is 0 Å². The predicted molar refractivity (Wildman–Crippen MR) is 81.9 cm³/mol. The molecule has 1 heterocycles. The molecule has 1 unspecified atom stereocenters. The minimum atomic E-state index is -0.0708. The summed E-state index contributed by atoms with van der Waals surface area (Å²) in [5.74, 6) is 0.337. The zero-order chi connectivity index (χ0) is 14.5. The molecule has 0 bridgehead atoms. The predicted octanol–water partition coefficient (Wildman–Crippen LogP) is 2.04. The summed E-state index contributed by atoms with van der Waals surface area (Å²) >= 11 is 1.50. The van der Waals surface area contributed by atoms with Gasteiger partial charge in [0, 0.05) is 16.5 Å². The van der Waals surface area contributed by atoms with Gasteiger partial charge in [-0.05, 0) is 37.6 Å². The Labute approximate surface area is 122 Å². The van der Waals surface area contributed by atoms with Crippen molar-refractivity contribution in [1.29, 1.82) is 0 Å². The highest BCUT2D eigenvalue weighted by atomic mass is 32.2. The highest BCUT2D eigenvalue weighted by molar-refractivity contribution is 8.00. The normalized spacial score (nSPS) is 15.2. The van der Waals surface area contributed by atoms with Gasteiger partial charge in [0.2, 0.25) is 11.8 Å². The maximum atomic E-state index is 12.0. The summed E-state index contributed by atoms with van der Waals surface area (Å²) in [6.45, 7) is 2.49. The number of hydrogen-bond acceptors (Lipinski definition) is 4. The molecule has 0 saturated heterocycles. The third-order valence-corrected chi connectivity index (χ3v) is 4.24. The molecule has 2 amide bonds. The van der Waals surface area contributed by atoms with E-state index >= 15 is 0 Å². The molecule has 108 valence electrons. The van der Waals surface area contributed by atoms with Crippen LogP contribution in [0.4, 0.5) is 11.4 Å². The Bertz CT molecular complexity index is 519. The fraction of sp³-hybridized carbons (Fsp3) is 0.429. The molecule has 1 aromatic carbocycles. The molecule has 5 nitrogen and oxygen atoms in total. The van der Waals surface area contributed by atoms with Crippen molar-refractivity contribution in [2.75, 3.05) is 22.9 Å². The van der Waals surface area contributed by atoms with Crippen LogP contribution in [0.1, 0.15) is 19.8 Å². The molecule has 20 heavy (non-hydrogen) atoms. The first-order valence-electron chi connectivity index (χ1n) is 6.68. The van der Waals surface area contributed by atoms with E-state index in [4.69, 9.17) is 5.73 Å². The van der Waals surface area contributed by atoms with Crippen LogP contribution in [-0.2, 0) is 9.59 Å². The van der Waals surface area contributed by atoms with E-state index in [1.807, 2.05) is 19.1 Å². The molecule has 1 aliphatic rings. The topological polar surface area (TPSA) is 84.2 Å². The van der Waals surface area contributed by atoms with Crippen molar-refractivity contribution in [3.05, 3.63) is 18.2 Å². The molecule has 0 aliphatic carbocycles. The van der Waals surface area contributed by atoms with Gasteiger partial charge in [-0.25, -0.2) is 0 Å². The first-order valence-corrected chi connectivity index (χ1v) is 7.66. The lowest BCUT2D eigenvalue weighted by Crippen LogP contribution is -2.22. The van der Waals surface area contributed by atoms with E-state index in [1.165, 1.54) is 11.8 Å². The average molecular weight is 293 g/mol. The van der Waals surface area contributed by atoms with Gasteiger partial charge in [0.1, 0.15) is 0 Å². The summed E-state index contributed by atoms with van der Waals surface area (Å²) in [5.41, 5.74) is 6.91. The van der Waals surface area contributed by atoms with Crippen LogP contribution in [0.25, 0.3) is 0 Å². The second-order valence-electron chi connectivity index (χ2n) is 4.87. The summed E-state index contributed by atoms with van der Waals surface area (Å²) in [6.07, 6.45) is 1.62. The Balaban J connectivity index is 2.01. The number of rotatable bonds is 5. The largest absolute Gasteiger partial charge is 0.330 e. The standard InChI is InChI=1S/C14H19N3O2S/c1-9(3-2-6-15)14(19)16-10-4-5-12-11(7-10)17-13(18)8-20-12/h4-5,7,9H,2-3,6,8,15H2,1H3,(H,16,19)(H,17,18). The van der Waals surface area contributed by atoms with Gasteiger partial charge in [-0.15, -0.1) is 11.8 Å². The van der Waals surface area contributed by atoms with E-state index in [9.17, 15) is 9.59 Å². The molecule has 0 fully saturated rings. The number of nitrogens with two attached hydrogens (primary N) is 1. The molecule has 2 rings (SSSR count). The molecule has 6 heteroatoms. The van der Waals surface area contributed by atoms with Crippen molar-refractivity contribution >= 4 is 35.0 Å². The molecule has 1 aliphatic heterocycles. The Morgan fingerprint density at radius 2 is 2.35 bits per heavy atom. The van der Waals surface area contributed by atoms with E-state index < -0.39 is 0 Å². The Morgan fingerprint density at radius 1 is 1.55 bits per heavy atom. The molecular formula is C14H19N3O2S. The fourth-order valence-corrected chi connectivity index (χ4v) is 2.77. The molecule has 1 aromatic rings. The minimum absolute atomic E-state index is 0.0118. The number of amides is 2. The number of thioether (sulfide) groups is 1. The lowest BCUT2D eigenvalue weighted by atomic mass is 10.0. The third-order valence-electron chi connectivity index (χ3n) is 3.17. The zero-order valence-electron chi connectivity index (χ0n) is 11.4. The Kier molecular flexibility index (Phi) is 5.03. The lowest BCUT2D eigenvalue weighted by Gasteiger charge is -2.18. The molecule has 0 spiro atoms. The summed E-state index contributed by atoms with van der Waals surface area (Å²) in [6, 6.07) is 5.57. The maximum Gasteiger partial charge on any atom is 0.234 e. The van der Waals surface area contributed by atoms with Crippen LogP contribution in [0.5, 0.6) is 0 Å². The number of benzene rings is 1. The number of anilines is 2. The number of carbonyl (C=O) groups excluding carboxylic acids is 2. The van der Waals surface area contributed by atoms with Crippen LogP contribution in [0.15, 0.2) is 23.1 Å². The second kappa shape index (κ2) is 6.76. The number of hydrogen-bond donors (Lipinski definition) is 3. The highest BCUT2D eigenvalue weighted by Crippen LogP contribution is 2.33. The Hall–Kier alpha value is -1.53. The van der Waals surface area contributed by atoms with Crippen LogP contribution in [0, 0.1) is 5.92 Å². The monoisotopic (exact) mass is 293 g/mol. The van der Waals surface area contributed by atoms with Crippen LogP contribution in [0.2, 0.25) is 0 Å². The number of carbonyl (C=O) groups is 2. The molecule has 0 radical (unpaired) electrons. The molecule has 1 atom stereocenters. The molecule has 0 saturated carbocycles. The first kappa shape index (κ1) is 14.9. The summed E-state index contributed by atoms with van der Waals surface area (Å²) < 4.78 is 0. The zero-order valence-corrected chi connectivity index (χ0v) is 12.3. The quantitative estimate of drug-likeness (QED) is 0.775. The van der Waals surface area contributed by atoms with E-state index in [-0.39, 0.29) is 17.7 Å². The fourth-order valence-electron chi connectivity index (χ4n) is 1.98. The summed E-state index contributed by atoms with van der Waals surface area (Å²) in [4.78, 5) is 24.4. The van der Waals surface area contributed by atoms with E-state index in [1.54, 1.807) is 6.07 Å². The lowest BCUT2D eigenvalue weighted by molar-refractivity contribution is -0.119. The molecule has 0 aromatic heterocycles. The SMILES string of the molecule is CC(CCCN)C(=O)Nc1ccc2c(c1)NC(=O)CS2. The second-order valence-corrected chi connectivity index (χ2v) is 5.89. The van der Waals surface area contributed by atoms with Gasteiger partial charge >= 0.3 is 0 Å². The minimum Gasteiger partial charge on any atom is -0.330 e. The van der Waals surface area contributed by atoms with Crippen LogP contribution >= 0.6 is 11.8 Å². The third kappa shape index (κ3) is 3.74. The van der Waals surface area contributed by atoms with Crippen molar-refractivity contribution < 1.29 is 9.59 Å². The van der Waals surface area contributed by atoms with Crippen molar-refractivity contribution in [3.8, 4) is 0 Å². The van der Waals surface area contributed by atoms with Crippen molar-refractivity contribution in [3.63, 3.8) is 0 Å². The van der Waals surface area contributed by atoms with Crippen molar-refractivity contribution in [2.24, 2.45) is 11.7 Å². The summed E-state index contributed by atoms with van der Waals surface area (Å²) in [5, 5.41) is 5.68. The van der Waals surface area contributed by atoms with Gasteiger partial charge in [0.05, 0.1) is 11.4 Å². The number of nitrogens with one attached hydrogen (secondary N) is 2. The van der Waals surface area contributed by atoms with E-state index in [0.717, 1.165) is 23.4 Å². The first-order chi connectivity index (χ1) is 9.60. The maximum absolute atomic E-state index is 12.0. The Morgan fingerprint density at radius 3 is 3.10 bits per heavy atom. The van der Waals surface area contributed by atoms with Gasteiger partial charge in [0.15, 0.2) is 0 Å². The van der Waals surface area contributed by atoms with Crippen LogP contribution in [-0.4, -0.2) is 24.1 Å². The average Bonchev–Trinajstić information content (AvgIpc) is 2.44. The molecular weight excluding hydrogens is 274 g/mol. The number of fused-ring (bicyclic) bond motifs is 1. The van der Waals surface area contributed by atoms with E-state index in [2.05, 4.69) is 10.6 Å². The van der Waals surface area contributed by atoms with Gasteiger partial charge in [-0.3, -0.25) is 9.59 Å². The van der Waals surface area contributed by atoms with Gasteiger partial charge < -0.3 is 16.4 Å². The van der Waals surface area contributed by atoms with Gasteiger partial charge in [-0.1, -0.05) is 6.92 Å². The van der Waals surface area contributed by atoms with Gasteiger partial charge in [0.25, 0.3) is 0 Å². The van der Waals surface area contributed by atoms with Crippen molar-refractivity contribution in [1.82, 2.24) is 0 Å². The summed E-state index contributed by atoms with van der Waals surface area (Å²) in [7, 11) is 0. The molecule has 4 N–H and O–H groups in total. The van der Waals surface area contributed by atoms with E-state index in [0.29, 0.717) is 18.0 Å².